The number of carbonyl (C=O) groups is 3. The first-order valence-electron chi connectivity index (χ1n) is 11.5. The average molecular weight is 594 g/mol. The fraction of sp³-hybridized carbons (Fsp3) is 0.346. The molecule has 2 heterocycles. The highest BCUT2D eigenvalue weighted by molar-refractivity contribution is 9.10. The van der Waals surface area contributed by atoms with Crippen molar-refractivity contribution in [1.29, 1.82) is 0 Å². The van der Waals surface area contributed by atoms with Gasteiger partial charge in [-0.2, -0.15) is 0 Å². The van der Waals surface area contributed by atoms with E-state index in [0.717, 1.165) is 35.1 Å². The molecule has 36 heavy (non-hydrogen) atoms. The van der Waals surface area contributed by atoms with E-state index >= 15 is 0 Å². The van der Waals surface area contributed by atoms with Crippen LogP contribution in [-0.2, 0) is 16.2 Å². The third-order valence-electron chi connectivity index (χ3n) is 6.18. The Bertz CT molecular complexity index is 1210. The van der Waals surface area contributed by atoms with Gasteiger partial charge in [0.15, 0.2) is 11.5 Å². The molecule has 7 nitrogen and oxygen atoms in total. The molecule has 3 amide bonds. The maximum atomic E-state index is 13.0. The third-order valence-corrected chi connectivity index (χ3v) is 8.05. The van der Waals surface area contributed by atoms with Crippen molar-refractivity contribution in [2.45, 2.75) is 26.4 Å². The van der Waals surface area contributed by atoms with Gasteiger partial charge in [-0.3, -0.25) is 19.3 Å². The second-order valence-corrected chi connectivity index (χ2v) is 11.0. The lowest BCUT2D eigenvalue weighted by molar-refractivity contribution is -0.136. The fourth-order valence-corrected chi connectivity index (χ4v) is 5.61. The number of benzene rings is 2. The van der Waals surface area contributed by atoms with E-state index < -0.39 is 11.1 Å². The highest BCUT2D eigenvalue weighted by Gasteiger charge is 2.37. The van der Waals surface area contributed by atoms with Crippen LogP contribution in [0, 0.1) is 5.92 Å². The van der Waals surface area contributed by atoms with Crippen LogP contribution in [0.25, 0.3) is 6.08 Å². The summed E-state index contributed by atoms with van der Waals surface area (Å²) >= 11 is 10.6. The first-order chi connectivity index (χ1) is 17.3. The number of carbonyl (C=O) groups excluding carboxylic acids is 3. The SMILES string of the molecule is COc1cc(/C=C2/SC(=O)N(CC(=O)N3CCC(C)CC3)C2=O)cc(Br)c1OCc1ccccc1Cl. The molecule has 0 saturated carbocycles. The zero-order valence-corrected chi connectivity index (χ0v) is 23.1. The molecule has 0 N–H and O–H groups in total. The number of methoxy groups -OCH3 is 1. The molecule has 2 aliphatic heterocycles. The van der Waals surface area contributed by atoms with Crippen molar-refractivity contribution in [2.24, 2.45) is 5.92 Å². The number of hydrogen-bond donors (Lipinski definition) is 0. The largest absolute Gasteiger partial charge is 0.493 e. The van der Waals surface area contributed by atoms with Gasteiger partial charge in [0.1, 0.15) is 13.2 Å². The number of ether oxygens (including phenoxy) is 2. The minimum absolute atomic E-state index is 0.199. The Balaban J connectivity index is 1.47. The first kappa shape index (κ1) is 26.6. The molecule has 190 valence electrons. The Morgan fingerprint density at radius 1 is 1.22 bits per heavy atom. The molecule has 2 saturated heterocycles. The van der Waals surface area contributed by atoms with Crippen LogP contribution < -0.4 is 9.47 Å². The van der Waals surface area contributed by atoms with E-state index in [1.165, 1.54) is 7.11 Å². The zero-order valence-electron chi connectivity index (χ0n) is 20.0. The third kappa shape index (κ3) is 6.07. The Hall–Kier alpha value is -2.49. The molecular weight excluding hydrogens is 568 g/mol. The second-order valence-electron chi connectivity index (χ2n) is 8.75. The molecule has 2 fully saturated rings. The number of imide groups is 1. The summed E-state index contributed by atoms with van der Waals surface area (Å²) in [6.45, 7) is 3.48. The van der Waals surface area contributed by atoms with Gasteiger partial charge < -0.3 is 14.4 Å². The van der Waals surface area contributed by atoms with Gasteiger partial charge in [-0.05, 0) is 76.3 Å². The molecule has 10 heteroatoms. The number of likely N-dealkylation sites (tertiary alicyclic amines) is 1. The number of thioether (sulfide) groups is 1. The summed E-state index contributed by atoms with van der Waals surface area (Å²) in [5, 5.41) is 0.156. The lowest BCUT2D eigenvalue weighted by Crippen LogP contribution is -2.45. The standard InChI is InChI=1S/C26H26BrClN2O5S/c1-16-7-9-29(10-8-16)23(31)14-30-25(32)22(36-26(30)33)13-17-11-19(27)24(21(12-17)34-2)35-15-18-5-3-4-6-20(18)28/h3-6,11-13,16H,7-10,14-15H2,1-2H3/b22-13+. The van der Waals surface area contributed by atoms with Crippen molar-refractivity contribution < 1.29 is 23.9 Å². The van der Waals surface area contributed by atoms with Crippen LogP contribution in [-0.4, -0.2) is 53.6 Å². The molecule has 0 atom stereocenters. The number of nitrogens with zero attached hydrogens (tertiary/aromatic N) is 2. The van der Waals surface area contributed by atoms with Gasteiger partial charge in [-0.1, -0.05) is 36.7 Å². The van der Waals surface area contributed by atoms with E-state index in [9.17, 15) is 14.4 Å². The van der Waals surface area contributed by atoms with Gasteiger partial charge in [-0.25, -0.2) is 0 Å². The Morgan fingerprint density at radius 3 is 2.64 bits per heavy atom. The molecule has 2 aromatic carbocycles. The highest BCUT2D eigenvalue weighted by atomic mass is 79.9. The molecule has 0 spiro atoms. The van der Waals surface area contributed by atoms with Crippen LogP contribution in [0.1, 0.15) is 30.9 Å². The number of rotatable bonds is 7. The van der Waals surface area contributed by atoms with Crippen LogP contribution in [0.5, 0.6) is 11.5 Å². The van der Waals surface area contributed by atoms with Gasteiger partial charge in [0.25, 0.3) is 11.1 Å². The number of piperidine rings is 1. The monoisotopic (exact) mass is 592 g/mol. The van der Waals surface area contributed by atoms with Crippen molar-refractivity contribution in [3.8, 4) is 11.5 Å². The minimum Gasteiger partial charge on any atom is -0.493 e. The topological polar surface area (TPSA) is 76.2 Å². The lowest BCUT2D eigenvalue weighted by Gasteiger charge is -2.31. The predicted molar refractivity (Wildman–Crippen MR) is 144 cm³/mol. The number of amides is 3. The molecule has 0 radical (unpaired) electrons. The van der Waals surface area contributed by atoms with Gasteiger partial charge in [0.05, 0.1) is 16.5 Å². The lowest BCUT2D eigenvalue weighted by atomic mass is 9.99. The molecule has 0 unspecified atom stereocenters. The van der Waals surface area contributed by atoms with Crippen molar-refractivity contribution in [3.05, 3.63) is 61.9 Å². The Labute approximate surface area is 227 Å². The van der Waals surface area contributed by atoms with E-state index in [-0.39, 0.29) is 24.0 Å². The predicted octanol–water partition coefficient (Wildman–Crippen LogP) is 5.98. The molecule has 4 rings (SSSR count). The Morgan fingerprint density at radius 2 is 1.94 bits per heavy atom. The minimum atomic E-state index is -0.474. The molecule has 0 bridgehead atoms. The zero-order chi connectivity index (χ0) is 25.8. The first-order valence-corrected chi connectivity index (χ1v) is 13.5. The normalized spacial score (nSPS) is 17.7. The molecule has 2 aromatic rings. The van der Waals surface area contributed by atoms with Crippen LogP contribution >= 0.6 is 39.3 Å². The van der Waals surface area contributed by atoms with Crippen LogP contribution in [0.2, 0.25) is 5.02 Å². The van der Waals surface area contributed by atoms with Crippen molar-refractivity contribution in [1.82, 2.24) is 9.80 Å². The average Bonchev–Trinajstić information content (AvgIpc) is 3.11. The van der Waals surface area contributed by atoms with E-state index in [4.69, 9.17) is 21.1 Å². The molecule has 2 aliphatic rings. The Kier molecular flexibility index (Phi) is 8.64. The van der Waals surface area contributed by atoms with E-state index in [1.807, 2.05) is 18.2 Å². The summed E-state index contributed by atoms with van der Waals surface area (Å²) < 4.78 is 12.1. The maximum absolute atomic E-state index is 13.0. The van der Waals surface area contributed by atoms with Gasteiger partial charge in [0, 0.05) is 23.7 Å². The second kappa shape index (κ2) is 11.7. The fourth-order valence-electron chi connectivity index (χ4n) is 4.01. The van der Waals surface area contributed by atoms with Crippen molar-refractivity contribution in [2.75, 3.05) is 26.7 Å². The smallest absolute Gasteiger partial charge is 0.294 e. The van der Waals surface area contributed by atoms with E-state index in [0.29, 0.717) is 45.6 Å². The van der Waals surface area contributed by atoms with Crippen LogP contribution in [0.3, 0.4) is 0 Å². The van der Waals surface area contributed by atoms with Gasteiger partial charge in [0.2, 0.25) is 5.91 Å². The number of halogens is 2. The molecular formula is C26H26BrClN2O5S. The summed E-state index contributed by atoms with van der Waals surface area (Å²) in [5.41, 5.74) is 1.48. The highest BCUT2D eigenvalue weighted by Crippen LogP contribution is 2.39. The summed E-state index contributed by atoms with van der Waals surface area (Å²) in [4.78, 5) is 41.2. The summed E-state index contributed by atoms with van der Waals surface area (Å²) in [6, 6.07) is 10.9. The van der Waals surface area contributed by atoms with E-state index in [1.54, 1.807) is 29.2 Å². The summed E-state index contributed by atoms with van der Waals surface area (Å²) in [7, 11) is 1.52. The molecule has 0 aromatic heterocycles. The molecule has 0 aliphatic carbocycles. The summed E-state index contributed by atoms with van der Waals surface area (Å²) in [6.07, 6.45) is 3.48. The maximum Gasteiger partial charge on any atom is 0.294 e. The number of hydrogen-bond acceptors (Lipinski definition) is 6. The van der Waals surface area contributed by atoms with Crippen molar-refractivity contribution in [3.63, 3.8) is 0 Å². The quantitative estimate of drug-likeness (QED) is 0.368. The van der Waals surface area contributed by atoms with Gasteiger partial charge >= 0.3 is 0 Å². The van der Waals surface area contributed by atoms with E-state index in [2.05, 4.69) is 22.9 Å². The van der Waals surface area contributed by atoms with Crippen LogP contribution in [0.4, 0.5) is 4.79 Å². The van der Waals surface area contributed by atoms with Gasteiger partial charge in [-0.15, -0.1) is 0 Å². The van der Waals surface area contributed by atoms with Crippen LogP contribution in [0.15, 0.2) is 45.8 Å². The summed E-state index contributed by atoms with van der Waals surface area (Å²) in [5.74, 6) is 0.853. The van der Waals surface area contributed by atoms with Crippen molar-refractivity contribution >= 4 is 62.4 Å².